The van der Waals surface area contributed by atoms with Gasteiger partial charge in [-0.05, 0) is 44.6 Å². The first-order chi connectivity index (χ1) is 10.3. The molecule has 2 fully saturated rings. The van der Waals surface area contributed by atoms with Crippen LogP contribution in [0.1, 0.15) is 39.0 Å². The lowest BCUT2D eigenvalue weighted by atomic mass is 9.98. The minimum atomic E-state index is 0.0650. The first-order valence-electron chi connectivity index (χ1n) is 8.31. The summed E-state index contributed by atoms with van der Waals surface area (Å²) >= 11 is 0. The van der Waals surface area contributed by atoms with E-state index in [1.54, 1.807) is 17.0 Å². The van der Waals surface area contributed by atoms with E-state index in [-0.39, 0.29) is 5.56 Å². The predicted molar refractivity (Wildman–Crippen MR) is 84.7 cm³/mol. The van der Waals surface area contributed by atoms with Crippen LogP contribution in [-0.4, -0.2) is 35.2 Å². The Morgan fingerprint density at radius 3 is 3.00 bits per heavy atom. The van der Waals surface area contributed by atoms with E-state index in [0.29, 0.717) is 11.7 Å². The first-order valence-corrected chi connectivity index (χ1v) is 8.31. The van der Waals surface area contributed by atoms with Gasteiger partial charge < -0.3 is 14.8 Å². The zero-order valence-corrected chi connectivity index (χ0v) is 12.9. The third kappa shape index (κ3) is 3.64. The molecule has 1 aliphatic carbocycles. The average molecular weight is 290 g/mol. The number of hydrogen-bond donors (Lipinski definition) is 1. The molecule has 2 aliphatic rings. The summed E-state index contributed by atoms with van der Waals surface area (Å²) in [6.45, 7) is 5.86. The second-order valence-electron chi connectivity index (χ2n) is 6.39. The molecule has 116 valence electrons. The van der Waals surface area contributed by atoms with E-state index in [1.165, 1.54) is 19.3 Å². The van der Waals surface area contributed by atoms with Crippen LogP contribution in [0, 0.1) is 5.92 Å². The van der Waals surface area contributed by atoms with Crippen LogP contribution in [0.5, 0.6) is 0 Å². The Morgan fingerprint density at radius 1 is 1.38 bits per heavy atom. The van der Waals surface area contributed by atoms with Gasteiger partial charge in [-0.3, -0.25) is 4.79 Å². The largest absolute Gasteiger partial charge is 0.352 e. The molecule has 1 saturated heterocycles. The molecule has 5 nitrogen and oxygen atoms in total. The van der Waals surface area contributed by atoms with Crippen LogP contribution >= 0.6 is 0 Å². The van der Waals surface area contributed by atoms with Crippen LogP contribution in [0.2, 0.25) is 0 Å². The van der Waals surface area contributed by atoms with Crippen molar-refractivity contribution in [3.63, 3.8) is 0 Å². The fourth-order valence-electron chi connectivity index (χ4n) is 3.11. The minimum absolute atomic E-state index is 0.0650. The predicted octanol–water partition coefficient (Wildman–Crippen LogP) is 1.62. The van der Waals surface area contributed by atoms with E-state index < -0.39 is 0 Å². The number of hydrogen-bond acceptors (Lipinski definition) is 4. The van der Waals surface area contributed by atoms with Crippen molar-refractivity contribution >= 4 is 5.82 Å². The maximum atomic E-state index is 12.5. The smallest absolute Gasteiger partial charge is 0.293 e. The molecule has 3 rings (SSSR count). The molecule has 0 radical (unpaired) electrons. The van der Waals surface area contributed by atoms with E-state index in [2.05, 4.69) is 22.1 Å². The number of aromatic nitrogens is 2. The first kappa shape index (κ1) is 14.6. The van der Waals surface area contributed by atoms with Crippen LogP contribution in [0.15, 0.2) is 17.2 Å². The average Bonchev–Trinajstić information content (AvgIpc) is 3.32. The van der Waals surface area contributed by atoms with Gasteiger partial charge in [-0.1, -0.05) is 6.92 Å². The Morgan fingerprint density at radius 2 is 2.24 bits per heavy atom. The topological polar surface area (TPSA) is 50.2 Å². The number of nitrogens with zero attached hydrogens (tertiary/aromatic N) is 3. The summed E-state index contributed by atoms with van der Waals surface area (Å²) in [5, 5.41) is 3.61. The van der Waals surface area contributed by atoms with Gasteiger partial charge in [-0.25, -0.2) is 4.98 Å². The summed E-state index contributed by atoms with van der Waals surface area (Å²) in [4.78, 5) is 19.0. The normalized spacial score (nSPS) is 22.5. The molecule has 0 spiro atoms. The molecule has 5 heteroatoms. The highest BCUT2D eigenvalue weighted by Crippen LogP contribution is 2.22. The zero-order chi connectivity index (χ0) is 14.7. The highest BCUT2D eigenvalue weighted by molar-refractivity contribution is 5.36. The SMILES string of the molecule is CCCn1ccnc(N2CCCC(CNC3CC3)C2)c1=O. The van der Waals surface area contributed by atoms with Crippen LogP contribution < -0.4 is 15.8 Å². The zero-order valence-electron chi connectivity index (χ0n) is 12.9. The summed E-state index contributed by atoms with van der Waals surface area (Å²) in [5.74, 6) is 1.28. The molecular formula is C16H26N4O. The third-order valence-corrected chi connectivity index (χ3v) is 4.45. The van der Waals surface area contributed by atoms with E-state index in [0.717, 1.165) is 45.1 Å². The molecular weight excluding hydrogens is 264 g/mol. The second kappa shape index (κ2) is 6.60. The van der Waals surface area contributed by atoms with E-state index >= 15 is 0 Å². The molecule has 2 heterocycles. The Kier molecular flexibility index (Phi) is 4.58. The fourth-order valence-corrected chi connectivity index (χ4v) is 3.11. The van der Waals surface area contributed by atoms with Gasteiger partial charge in [-0.2, -0.15) is 0 Å². The van der Waals surface area contributed by atoms with Gasteiger partial charge >= 0.3 is 0 Å². The van der Waals surface area contributed by atoms with Gasteiger partial charge in [0.2, 0.25) is 0 Å². The fraction of sp³-hybridized carbons (Fsp3) is 0.750. The third-order valence-electron chi connectivity index (χ3n) is 4.45. The maximum absolute atomic E-state index is 12.5. The van der Waals surface area contributed by atoms with Crippen LogP contribution in [-0.2, 0) is 6.54 Å². The van der Waals surface area contributed by atoms with Gasteiger partial charge in [0.1, 0.15) is 0 Å². The lowest BCUT2D eigenvalue weighted by Crippen LogP contribution is -2.43. The lowest BCUT2D eigenvalue weighted by molar-refractivity contribution is 0.388. The summed E-state index contributed by atoms with van der Waals surface area (Å²) in [6, 6.07) is 0.761. The molecule has 1 atom stereocenters. The van der Waals surface area contributed by atoms with Crippen molar-refractivity contribution in [1.82, 2.24) is 14.9 Å². The molecule has 1 aromatic heterocycles. The molecule has 1 unspecified atom stereocenters. The lowest BCUT2D eigenvalue weighted by Gasteiger charge is -2.33. The Balaban J connectivity index is 1.67. The van der Waals surface area contributed by atoms with Crippen LogP contribution in [0.4, 0.5) is 5.82 Å². The quantitative estimate of drug-likeness (QED) is 0.865. The number of anilines is 1. The number of piperidine rings is 1. The highest BCUT2D eigenvalue weighted by atomic mass is 16.1. The highest BCUT2D eigenvalue weighted by Gasteiger charge is 2.26. The van der Waals surface area contributed by atoms with Crippen molar-refractivity contribution in [1.29, 1.82) is 0 Å². The molecule has 1 aromatic rings. The molecule has 21 heavy (non-hydrogen) atoms. The van der Waals surface area contributed by atoms with E-state index in [9.17, 15) is 4.79 Å². The number of rotatable bonds is 6. The van der Waals surface area contributed by atoms with Crippen molar-refractivity contribution < 1.29 is 0 Å². The van der Waals surface area contributed by atoms with Crippen molar-refractivity contribution in [3.8, 4) is 0 Å². The molecule has 0 amide bonds. The Labute approximate surface area is 126 Å². The number of aryl methyl sites for hydroxylation is 1. The van der Waals surface area contributed by atoms with E-state index in [1.807, 2.05) is 0 Å². The molecule has 1 aliphatic heterocycles. The van der Waals surface area contributed by atoms with Crippen molar-refractivity contribution in [3.05, 3.63) is 22.7 Å². The monoisotopic (exact) mass is 290 g/mol. The maximum Gasteiger partial charge on any atom is 0.293 e. The summed E-state index contributed by atoms with van der Waals surface area (Å²) in [5.41, 5.74) is 0.0650. The van der Waals surface area contributed by atoms with Gasteiger partial charge in [0, 0.05) is 38.1 Å². The molecule has 0 bridgehead atoms. The van der Waals surface area contributed by atoms with Gasteiger partial charge in [0.05, 0.1) is 0 Å². The minimum Gasteiger partial charge on any atom is -0.352 e. The van der Waals surface area contributed by atoms with Gasteiger partial charge in [0.15, 0.2) is 5.82 Å². The molecule has 1 saturated carbocycles. The van der Waals surface area contributed by atoms with Crippen LogP contribution in [0.25, 0.3) is 0 Å². The van der Waals surface area contributed by atoms with Crippen LogP contribution in [0.3, 0.4) is 0 Å². The number of nitrogens with one attached hydrogen (secondary N) is 1. The molecule has 1 N–H and O–H groups in total. The van der Waals surface area contributed by atoms with Gasteiger partial charge in [-0.15, -0.1) is 0 Å². The summed E-state index contributed by atoms with van der Waals surface area (Å²) in [7, 11) is 0. The summed E-state index contributed by atoms with van der Waals surface area (Å²) in [6.07, 6.45) is 9.60. The Hall–Kier alpha value is -1.36. The summed E-state index contributed by atoms with van der Waals surface area (Å²) < 4.78 is 1.79. The van der Waals surface area contributed by atoms with E-state index in [4.69, 9.17) is 0 Å². The van der Waals surface area contributed by atoms with Gasteiger partial charge in [0.25, 0.3) is 5.56 Å². The van der Waals surface area contributed by atoms with Crippen molar-refractivity contribution in [2.45, 2.75) is 51.6 Å². The molecule has 0 aromatic carbocycles. The van der Waals surface area contributed by atoms with Crippen molar-refractivity contribution in [2.75, 3.05) is 24.5 Å². The Bertz CT molecular complexity index is 523. The standard InChI is InChI=1S/C16H26N4O/c1-2-8-19-10-7-17-15(16(19)21)20-9-3-4-13(12-20)11-18-14-5-6-14/h7,10,13-14,18H,2-6,8-9,11-12H2,1H3. The van der Waals surface area contributed by atoms with Crippen molar-refractivity contribution in [2.24, 2.45) is 5.92 Å². The second-order valence-corrected chi connectivity index (χ2v) is 6.39.